The maximum absolute atomic E-state index is 11.2. The number of hydrogen-bond donors (Lipinski definition) is 0. The van der Waals surface area contributed by atoms with E-state index in [9.17, 15) is 9.59 Å². The Morgan fingerprint density at radius 1 is 1.29 bits per heavy atom. The van der Waals surface area contributed by atoms with Gasteiger partial charge in [-0.1, -0.05) is 30.3 Å². The van der Waals surface area contributed by atoms with Crippen LogP contribution in [-0.2, 0) is 13.9 Å². The molecule has 1 unspecified atom stereocenters. The predicted molar refractivity (Wildman–Crippen MR) is 51.8 cm³/mol. The Morgan fingerprint density at radius 2 is 1.86 bits per heavy atom. The summed E-state index contributed by atoms with van der Waals surface area (Å²) in [4.78, 5) is 22.4. The summed E-state index contributed by atoms with van der Waals surface area (Å²) in [7, 11) is 0. The average Bonchev–Trinajstić information content (AvgIpc) is 2.19. The maximum Gasteiger partial charge on any atom is 0.339 e. The van der Waals surface area contributed by atoms with Crippen LogP contribution in [0.25, 0.3) is 0 Å². The highest BCUT2D eigenvalue weighted by atomic mass is 35.5. The molecule has 0 heterocycles. The zero-order valence-electron chi connectivity index (χ0n) is 7.57. The van der Waals surface area contributed by atoms with E-state index in [0.29, 0.717) is 5.56 Å². The van der Waals surface area contributed by atoms with Crippen LogP contribution in [-0.4, -0.2) is 11.8 Å². The predicted octanol–water partition coefficient (Wildman–Crippen LogP) is 2.06. The van der Waals surface area contributed by atoms with E-state index in [1.54, 1.807) is 30.3 Å². The number of hydrogen-bond acceptors (Lipinski definition) is 3. The van der Waals surface area contributed by atoms with E-state index in [1.165, 1.54) is 6.92 Å². The van der Waals surface area contributed by atoms with Crippen molar-refractivity contribution in [2.75, 3.05) is 0 Å². The van der Waals surface area contributed by atoms with E-state index < -0.39 is 11.9 Å². The first-order chi connectivity index (χ1) is 6.66. The Bertz CT molecular complexity index is 334. The zero-order chi connectivity index (χ0) is 10.6. The second-order valence-corrected chi connectivity index (χ2v) is 3.00. The first-order valence-electron chi connectivity index (χ1n) is 4.04. The highest BCUT2D eigenvalue weighted by molar-refractivity contribution is 6.17. The van der Waals surface area contributed by atoms with Gasteiger partial charge in [0.05, 0.1) is 0 Å². The molecule has 0 aliphatic rings. The molecular weight excluding hydrogens is 204 g/mol. The van der Waals surface area contributed by atoms with Crippen LogP contribution in [0.3, 0.4) is 0 Å². The molecule has 0 saturated heterocycles. The summed E-state index contributed by atoms with van der Waals surface area (Å²) in [5, 5.41) is 0. The molecule has 3 nitrogen and oxygen atoms in total. The van der Waals surface area contributed by atoms with E-state index in [-0.39, 0.29) is 5.78 Å². The standard InChI is InChI=1S/C10H9ClO3/c1-7(12)9(10(13)14-11)8-5-3-2-4-6-8/h2-6,9H,1H3. The molecule has 0 aromatic heterocycles. The summed E-state index contributed by atoms with van der Waals surface area (Å²) in [5.74, 6) is -1.96. The Balaban J connectivity index is 3.01. The number of rotatable bonds is 3. The molecule has 14 heavy (non-hydrogen) atoms. The summed E-state index contributed by atoms with van der Waals surface area (Å²) in [5.41, 5.74) is 0.589. The van der Waals surface area contributed by atoms with Crippen LogP contribution in [0.5, 0.6) is 0 Å². The van der Waals surface area contributed by atoms with Crippen molar-refractivity contribution in [3.63, 3.8) is 0 Å². The van der Waals surface area contributed by atoms with Crippen LogP contribution in [0.1, 0.15) is 18.4 Å². The molecule has 0 amide bonds. The van der Waals surface area contributed by atoms with Crippen LogP contribution in [0, 0.1) is 0 Å². The number of Topliss-reactive ketones (excluding diaryl/α,β-unsaturated/α-hetero) is 1. The molecule has 0 bridgehead atoms. The Morgan fingerprint density at radius 3 is 2.29 bits per heavy atom. The van der Waals surface area contributed by atoms with Crippen LogP contribution < -0.4 is 0 Å². The third kappa shape index (κ3) is 2.33. The molecule has 74 valence electrons. The van der Waals surface area contributed by atoms with Gasteiger partial charge in [0.2, 0.25) is 0 Å². The van der Waals surface area contributed by atoms with Gasteiger partial charge in [-0.3, -0.25) is 4.79 Å². The average molecular weight is 213 g/mol. The third-order valence-corrected chi connectivity index (χ3v) is 2.00. The summed E-state index contributed by atoms with van der Waals surface area (Å²) in [6, 6.07) is 8.64. The fraction of sp³-hybridized carbons (Fsp3) is 0.200. The molecule has 0 saturated carbocycles. The number of benzene rings is 1. The molecule has 4 heteroatoms. The molecule has 0 fully saturated rings. The normalized spacial score (nSPS) is 11.9. The first kappa shape index (κ1) is 10.7. The topological polar surface area (TPSA) is 43.4 Å². The highest BCUT2D eigenvalue weighted by Crippen LogP contribution is 2.18. The second kappa shape index (κ2) is 4.77. The van der Waals surface area contributed by atoms with Crippen molar-refractivity contribution in [1.29, 1.82) is 0 Å². The van der Waals surface area contributed by atoms with Crippen molar-refractivity contribution in [1.82, 2.24) is 0 Å². The van der Waals surface area contributed by atoms with Gasteiger partial charge >= 0.3 is 5.97 Å². The van der Waals surface area contributed by atoms with Crippen molar-refractivity contribution in [2.24, 2.45) is 0 Å². The number of ketones is 1. The lowest BCUT2D eigenvalue weighted by Gasteiger charge is -2.09. The lowest BCUT2D eigenvalue weighted by molar-refractivity contribution is -0.139. The minimum absolute atomic E-state index is 0.290. The SMILES string of the molecule is CC(=O)C(C(=O)OCl)c1ccccc1. The van der Waals surface area contributed by atoms with Crippen molar-refractivity contribution >= 4 is 23.6 Å². The van der Waals surface area contributed by atoms with E-state index in [2.05, 4.69) is 4.29 Å². The smallest absolute Gasteiger partial charge is 0.339 e. The molecule has 1 aromatic rings. The first-order valence-corrected chi connectivity index (χ1v) is 4.35. The van der Waals surface area contributed by atoms with Gasteiger partial charge in [0.1, 0.15) is 23.6 Å². The largest absolute Gasteiger partial charge is 0.346 e. The minimum Gasteiger partial charge on any atom is -0.346 e. The second-order valence-electron chi connectivity index (χ2n) is 2.85. The molecule has 0 spiro atoms. The lowest BCUT2D eigenvalue weighted by Crippen LogP contribution is -2.19. The number of halogens is 1. The lowest BCUT2D eigenvalue weighted by atomic mass is 9.96. The Labute approximate surface area is 86.8 Å². The molecule has 1 atom stereocenters. The van der Waals surface area contributed by atoms with Gasteiger partial charge < -0.3 is 4.29 Å². The molecule has 0 N–H and O–H groups in total. The van der Waals surface area contributed by atoms with E-state index in [1.807, 2.05) is 0 Å². The summed E-state index contributed by atoms with van der Waals surface area (Å²) in [6.45, 7) is 1.32. The van der Waals surface area contributed by atoms with E-state index in [0.717, 1.165) is 0 Å². The number of carbonyl (C=O) groups excluding carboxylic acids is 2. The molecule has 0 aliphatic heterocycles. The van der Waals surface area contributed by atoms with Crippen molar-refractivity contribution in [3.05, 3.63) is 35.9 Å². The fourth-order valence-electron chi connectivity index (χ4n) is 1.23. The molecule has 1 aromatic carbocycles. The van der Waals surface area contributed by atoms with Crippen LogP contribution in [0.4, 0.5) is 0 Å². The molecular formula is C10H9ClO3. The van der Waals surface area contributed by atoms with Gasteiger partial charge in [0, 0.05) is 0 Å². The summed E-state index contributed by atoms with van der Waals surface area (Å²) in [6.07, 6.45) is 0. The Hall–Kier alpha value is -1.35. The number of carbonyl (C=O) groups is 2. The van der Waals surface area contributed by atoms with Crippen molar-refractivity contribution in [2.45, 2.75) is 12.8 Å². The Kier molecular flexibility index (Phi) is 3.65. The summed E-state index contributed by atoms with van der Waals surface area (Å²) < 4.78 is 4.04. The van der Waals surface area contributed by atoms with E-state index >= 15 is 0 Å². The third-order valence-electron chi connectivity index (χ3n) is 1.85. The zero-order valence-corrected chi connectivity index (χ0v) is 8.32. The maximum atomic E-state index is 11.2. The molecule has 0 radical (unpaired) electrons. The fourth-order valence-corrected chi connectivity index (χ4v) is 1.32. The molecule has 0 aliphatic carbocycles. The summed E-state index contributed by atoms with van der Waals surface area (Å²) >= 11 is 4.94. The van der Waals surface area contributed by atoms with Crippen LogP contribution in [0.15, 0.2) is 30.3 Å². The van der Waals surface area contributed by atoms with Gasteiger partial charge in [-0.15, -0.1) is 0 Å². The van der Waals surface area contributed by atoms with Crippen molar-refractivity contribution < 1.29 is 13.9 Å². The van der Waals surface area contributed by atoms with Gasteiger partial charge in [-0.25, -0.2) is 4.79 Å². The molecule has 1 rings (SSSR count). The van der Waals surface area contributed by atoms with Gasteiger partial charge in [0.15, 0.2) is 0 Å². The quantitative estimate of drug-likeness (QED) is 0.721. The van der Waals surface area contributed by atoms with Crippen LogP contribution >= 0.6 is 11.9 Å². The van der Waals surface area contributed by atoms with Crippen molar-refractivity contribution in [3.8, 4) is 0 Å². The van der Waals surface area contributed by atoms with E-state index in [4.69, 9.17) is 11.9 Å². The van der Waals surface area contributed by atoms with Crippen LogP contribution in [0.2, 0.25) is 0 Å². The van der Waals surface area contributed by atoms with Gasteiger partial charge in [0.25, 0.3) is 0 Å². The highest BCUT2D eigenvalue weighted by Gasteiger charge is 2.26. The van der Waals surface area contributed by atoms with Gasteiger partial charge in [-0.05, 0) is 12.5 Å². The monoisotopic (exact) mass is 212 g/mol. The van der Waals surface area contributed by atoms with Gasteiger partial charge in [-0.2, -0.15) is 0 Å². The minimum atomic E-state index is -0.922.